The molecule has 1 aromatic rings. The average Bonchev–Trinajstić information content (AvgIpc) is 2.15. The molecule has 1 heterocycles. The molecular weight excluding hydrogens is 244 g/mol. The van der Waals surface area contributed by atoms with Crippen molar-refractivity contribution in [1.29, 1.82) is 0 Å². The molecule has 0 aliphatic rings. The molecule has 6 nitrogen and oxygen atoms in total. The maximum atomic E-state index is 10.9. The summed E-state index contributed by atoms with van der Waals surface area (Å²) in [5.74, 6) is 0.315. The third-order valence-electron chi connectivity index (χ3n) is 2.02. The van der Waals surface area contributed by atoms with Crippen LogP contribution in [0.2, 0.25) is 5.15 Å². The summed E-state index contributed by atoms with van der Waals surface area (Å²) < 4.78 is 0. The van der Waals surface area contributed by atoms with E-state index in [-0.39, 0.29) is 23.2 Å². The highest BCUT2D eigenvalue weighted by atomic mass is 35.5. The maximum absolute atomic E-state index is 10.9. The highest BCUT2D eigenvalue weighted by Gasteiger charge is 2.14. The van der Waals surface area contributed by atoms with Gasteiger partial charge in [-0.2, -0.15) is 0 Å². The highest BCUT2D eigenvalue weighted by molar-refractivity contribution is 6.32. The number of nitrogens with two attached hydrogens (primary N) is 1. The molecule has 3 N–H and O–H groups in total. The normalized spacial score (nSPS) is 11.9. The van der Waals surface area contributed by atoms with Crippen LogP contribution in [0.15, 0.2) is 0 Å². The average molecular weight is 257 g/mol. The van der Waals surface area contributed by atoms with E-state index in [1.807, 2.05) is 0 Å². The zero-order chi connectivity index (χ0) is 13.0. The predicted octanol–water partition coefficient (Wildman–Crippen LogP) is 0.927. The lowest BCUT2D eigenvalue weighted by Crippen LogP contribution is -2.25. The molecule has 17 heavy (non-hydrogen) atoms. The monoisotopic (exact) mass is 256 g/mol. The van der Waals surface area contributed by atoms with Crippen LogP contribution < -0.4 is 11.1 Å². The van der Waals surface area contributed by atoms with Crippen molar-refractivity contribution >= 4 is 29.6 Å². The van der Waals surface area contributed by atoms with E-state index in [0.29, 0.717) is 17.9 Å². The van der Waals surface area contributed by atoms with E-state index in [1.165, 1.54) is 0 Å². The summed E-state index contributed by atoms with van der Waals surface area (Å²) in [6, 6.07) is -0.239. The Kier molecular flexibility index (Phi) is 4.39. The number of aldehydes is 1. The quantitative estimate of drug-likeness (QED) is 0.603. The summed E-state index contributed by atoms with van der Waals surface area (Å²) in [7, 11) is 0. The van der Waals surface area contributed by atoms with Gasteiger partial charge in [0.2, 0.25) is 5.91 Å². The molecule has 7 heteroatoms. The number of anilines is 1. The second-order valence-corrected chi connectivity index (χ2v) is 4.02. The van der Waals surface area contributed by atoms with Crippen molar-refractivity contribution in [2.75, 3.05) is 5.32 Å². The van der Waals surface area contributed by atoms with E-state index in [1.54, 1.807) is 13.8 Å². The molecular formula is C10H13ClN4O2. The fourth-order valence-electron chi connectivity index (χ4n) is 1.35. The zero-order valence-electron chi connectivity index (χ0n) is 9.53. The Morgan fingerprint density at radius 2 is 2.24 bits per heavy atom. The Morgan fingerprint density at radius 1 is 1.59 bits per heavy atom. The number of aryl methyl sites for hydroxylation is 1. The van der Waals surface area contributed by atoms with Gasteiger partial charge in [-0.1, -0.05) is 11.6 Å². The van der Waals surface area contributed by atoms with Gasteiger partial charge in [-0.25, -0.2) is 9.97 Å². The first-order valence-corrected chi connectivity index (χ1v) is 5.36. The number of carbonyl (C=O) groups excluding carboxylic acids is 2. The van der Waals surface area contributed by atoms with Crippen LogP contribution in [0.25, 0.3) is 0 Å². The molecule has 0 aromatic carbocycles. The van der Waals surface area contributed by atoms with Crippen LogP contribution in [0.5, 0.6) is 0 Å². The Hall–Kier alpha value is -1.69. The summed E-state index contributed by atoms with van der Waals surface area (Å²) in [4.78, 5) is 29.5. The van der Waals surface area contributed by atoms with Gasteiger partial charge < -0.3 is 11.1 Å². The summed E-state index contributed by atoms with van der Waals surface area (Å²) in [6.07, 6.45) is 0.708. The highest BCUT2D eigenvalue weighted by Crippen LogP contribution is 2.19. The Balaban J connectivity index is 2.96. The lowest BCUT2D eigenvalue weighted by Gasteiger charge is -2.14. The van der Waals surface area contributed by atoms with Gasteiger partial charge in [-0.3, -0.25) is 9.59 Å². The second-order valence-electron chi connectivity index (χ2n) is 3.66. The van der Waals surface area contributed by atoms with Crippen LogP contribution in [0.4, 0.5) is 5.82 Å². The minimum absolute atomic E-state index is 0.0845. The van der Waals surface area contributed by atoms with Crippen LogP contribution in [-0.2, 0) is 4.79 Å². The number of nitrogens with one attached hydrogen (secondary N) is 1. The number of hydrogen-bond donors (Lipinski definition) is 2. The van der Waals surface area contributed by atoms with Gasteiger partial charge in [-0.05, 0) is 13.8 Å². The molecule has 0 radical (unpaired) electrons. The smallest absolute Gasteiger partial charge is 0.219 e. The van der Waals surface area contributed by atoms with Crippen molar-refractivity contribution in [3.05, 3.63) is 16.5 Å². The van der Waals surface area contributed by atoms with E-state index in [2.05, 4.69) is 15.3 Å². The molecule has 1 aromatic heterocycles. The SMILES string of the molecule is Cc1nc(Cl)c(C=O)c(NC(C)CC(N)=O)n1. The molecule has 1 rings (SSSR count). The molecule has 0 aliphatic heterocycles. The largest absolute Gasteiger partial charge is 0.370 e. The fraction of sp³-hybridized carbons (Fsp3) is 0.400. The summed E-state index contributed by atoms with van der Waals surface area (Å²) in [6.45, 7) is 3.41. The third kappa shape index (κ3) is 3.67. The Morgan fingerprint density at radius 3 is 2.76 bits per heavy atom. The molecule has 0 saturated carbocycles. The van der Waals surface area contributed by atoms with Gasteiger partial charge in [0.1, 0.15) is 16.8 Å². The number of rotatable bonds is 5. The molecule has 0 saturated heterocycles. The van der Waals surface area contributed by atoms with Gasteiger partial charge >= 0.3 is 0 Å². The number of amides is 1. The van der Waals surface area contributed by atoms with Crippen molar-refractivity contribution in [2.45, 2.75) is 26.3 Å². The Bertz CT molecular complexity index is 450. The van der Waals surface area contributed by atoms with E-state index in [4.69, 9.17) is 17.3 Å². The zero-order valence-corrected chi connectivity index (χ0v) is 10.3. The van der Waals surface area contributed by atoms with Crippen molar-refractivity contribution in [3.63, 3.8) is 0 Å². The van der Waals surface area contributed by atoms with E-state index in [9.17, 15) is 9.59 Å². The topological polar surface area (TPSA) is 98.0 Å². The third-order valence-corrected chi connectivity index (χ3v) is 2.31. The molecule has 1 amide bonds. The van der Waals surface area contributed by atoms with E-state index >= 15 is 0 Å². The maximum Gasteiger partial charge on any atom is 0.219 e. The first-order valence-electron chi connectivity index (χ1n) is 4.98. The van der Waals surface area contributed by atoms with E-state index in [0.717, 1.165) is 0 Å². The first kappa shape index (κ1) is 13.4. The van der Waals surface area contributed by atoms with Gasteiger partial charge in [0, 0.05) is 12.5 Å². The Labute approximate surface area is 104 Å². The molecule has 0 aliphatic carbocycles. The van der Waals surface area contributed by atoms with Gasteiger partial charge in [0.05, 0.1) is 5.56 Å². The number of carbonyl (C=O) groups is 2. The van der Waals surface area contributed by atoms with E-state index < -0.39 is 5.91 Å². The molecule has 0 bridgehead atoms. The van der Waals surface area contributed by atoms with Gasteiger partial charge in [-0.15, -0.1) is 0 Å². The van der Waals surface area contributed by atoms with Crippen molar-refractivity contribution in [1.82, 2.24) is 9.97 Å². The standard InChI is InChI=1S/C10H13ClN4O2/c1-5(3-8(12)17)13-10-7(4-16)9(11)14-6(2)15-10/h4-5H,3H2,1-2H3,(H2,12,17)(H,13,14,15). The molecule has 0 fully saturated rings. The lowest BCUT2D eigenvalue weighted by molar-refractivity contribution is -0.118. The first-order chi connectivity index (χ1) is 7.93. The second kappa shape index (κ2) is 5.58. The number of halogens is 1. The molecule has 1 unspecified atom stereocenters. The van der Waals surface area contributed by atoms with Crippen LogP contribution in [0, 0.1) is 6.92 Å². The lowest BCUT2D eigenvalue weighted by atomic mass is 10.2. The number of hydrogen-bond acceptors (Lipinski definition) is 5. The van der Waals surface area contributed by atoms with Crippen molar-refractivity contribution in [3.8, 4) is 0 Å². The van der Waals surface area contributed by atoms with Gasteiger partial charge in [0.15, 0.2) is 6.29 Å². The number of primary amides is 1. The molecule has 0 spiro atoms. The summed E-state index contributed by atoms with van der Waals surface area (Å²) >= 11 is 5.81. The molecule has 92 valence electrons. The predicted molar refractivity (Wildman–Crippen MR) is 64.1 cm³/mol. The van der Waals surface area contributed by atoms with Crippen LogP contribution in [0.3, 0.4) is 0 Å². The van der Waals surface area contributed by atoms with Crippen LogP contribution in [0.1, 0.15) is 29.5 Å². The number of aromatic nitrogens is 2. The van der Waals surface area contributed by atoms with Crippen molar-refractivity contribution < 1.29 is 9.59 Å². The number of nitrogens with zero attached hydrogens (tertiary/aromatic N) is 2. The summed E-state index contributed by atoms with van der Waals surface area (Å²) in [5.41, 5.74) is 5.24. The van der Waals surface area contributed by atoms with Crippen LogP contribution >= 0.6 is 11.6 Å². The van der Waals surface area contributed by atoms with Crippen LogP contribution in [-0.4, -0.2) is 28.2 Å². The van der Waals surface area contributed by atoms with Gasteiger partial charge in [0.25, 0.3) is 0 Å². The summed E-state index contributed by atoms with van der Waals surface area (Å²) in [5, 5.41) is 2.99. The van der Waals surface area contributed by atoms with Crippen molar-refractivity contribution in [2.24, 2.45) is 5.73 Å². The minimum Gasteiger partial charge on any atom is -0.370 e. The molecule has 1 atom stereocenters. The minimum atomic E-state index is -0.436. The fourth-order valence-corrected chi connectivity index (χ4v) is 1.60.